The number of fused-ring (bicyclic) bond motifs is 1. The molecule has 0 amide bonds. The molecule has 15 nitrogen and oxygen atoms in total. The van der Waals surface area contributed by atoms with Gasteiger partial charge in [-0.25, -0.2) is 4.79 Å². The Hall–Kier alpha value is -6.25. The van der Waals surface area contributed by atoms with Crippen molar-refractivity contribution in [1.29, 1.82) is 0 Å². The second-order valence-corrected chi connectivity index (χ2v) is 10.3. The van der Waals surface area contributed by atoms with Crippen molar-refractivity contribution < 1.29 is 63.4 Å². The van der Waals surface area contributed by atoms with Crippen molar-refractivity contribution in [2.75, 3.05) is 49.2 Å². The molecular weight excluding hydrogens is 620 g/mol. The van der Waals surface area contributed by atoms with Crippen LogP contribution in [0.2, 0.25) is 0 Å². The van der Waals surface area contributed by atoms with Crippen molar-refractivity contribution >= 4 is 52.2 Å². The number of rotatable bonds is 17. The van der Waals surface area contributed by atoms with Crippen molar-refractivity contribution in [2.45, 2.75) is 6.92 Å². The molecule has 5 N–H and O–H groups in total. The van der Waals surface area contributed by atoms with Gasteiger partial charge in [-0.3, -0.25) is 19.2 Å². The molecule has 0 saturated heterocycles. The monoisotopic (exact) mass is 650 g/mol. The summed E-state index contributed by atoms with van der Waals surface area (Å²) in [7, 11) is 0. The van der Waals surface area contributed by atoms with E-state index in [1.807, 2.05) is 0 Å². The molecule has 4 aromatic rings. The molecular formula is C32H30N2O13. The number of aliphatic carboxylic acids is 4. The molecule has 0 saturated carbocycles. The standard InChI is InChI=1S/C32H30N2O13/c1-18-2-7-22(33(14-28(35)36)15-29(37)38)26(10-18)45-8-9-46-27-12-21-11-24(19-3-5-20(6-4-19)32(43)44)47-25(21)13-23(27)34(16-30(39)40)17-31(41)42/h2-7,10-13H,8-9,14-17H2,1H3,(H,35,36)(H,37,38)(H,39,40)(H,41,42)(H,43,44). The van der Waals surface area contributed by atoms with Crippen LogP contribution in [0, 0.1) is 6.92 Å². The summed E-state index contributed by atoms with van der Waals surface area (Å²) in [5, 5.41) is 47.3. The van der Waals surface area contributed by atoms with Gasteiger partial charge in [-0.2, -0.15) is 0 Å². The third-order valence-corrected chi connectivity index (χ3v) is 6.71. The van der Waals surface area contributed by atoms with Crippen LogP contribution < -0.4 is 19.3 Å². The minimum atomic E-state index is -1.29. The minimum absolute atomic E-state index is 0.0808. The van der Waals surface area contributed by atoms with Gasteiger partial charge in [0.15, 0.2) is 0 Å². The topological polar surface area (TPSA) is 225 Å². The molecule has 15 heteroatoms. The van der Waals surface area contributed by atoms with E-state index in [2.05, 4.69) is 0 Å². The summed E-state index contributed by atoms with van der Waals surface area (Å²) in [6.07, 6.45) is 0. The van der Waals surface area contributed by atoms with E-state index in [0.717, 1.165) is 15.4 Å². The van der Waals surface area contributed by atoms with E-state index in [0.29, 0.717) is 16.7 Å². The number of benzene rings is 3. The molecule has 0 fully saturated rings. The Labute approximate surface area is 266 Å². The van der Waals surface area contributed by atoms with Crippen LogP contribution in [-0.2, 0) is 19.2 Å². The van der Waals surface area contributed by atoms with Crippen LogP contribution in [0.25, 0.3) is 22.3 Å². The number of furan rings is 1. The number of anilines is 2. The third kappa shape index (κ3) is 8.91. The Morgan fingerprint density at radius 3 is 1.66 bits per heavy atom. The Balaban J connectivity index is 1.63. The molecule has 1 aromatic heterocycles. The summed E-state index contributed by atoms with van der Waals surface area (Å²) in [5.41, 5.74) is 2.02. The molecule has 47 heavy (non-hydrogen) atoms. The predicted molar refractivity (Wildman–Crippen MR) is 166 cm³/mol. The van der Waals surface area contributed by atoms with Crippen molar-refractivity contribution in [2.24, 2.45) is 0 Å². The van der Waals surface area contributed by atoms with Crippen LogP contribution in [0.3, 0.4) is 0 Å². The van der Waals surface area contributed by atoms with Crippen LogP contribution in [0.1, 0.15) is 15.9 Å². The van der Waals surface area contributed by atoms with E-state index in [4.69, 9.17) is 13.9 Å². The van der Waals surface area contributed by atoms with E-state index in [1.165, 1.54) is 18.2 Å². The number of ether oxygens (including phenoxy) is 2. The van der Waals surface area contributed by atoms with Crippen molar-refractivity contribution in [3.63, 3.8) is 0 Å². The van der Waals surface area contributed by atoms with Crippen LogP contribution in [0.4, 0.5) is 11.4 Å². The van der Waals surface area contributed by atoms with Crippen LogP contribution >= 0.6 is 0 Å². The summed E-state index contributed by atoms with van der Waals surface area (Å²) in [6.45, 7) is -1.02. The molecule has 4 rings (SSSR count). The second-order valence-electron chi connectivity index (χ2n) is 10.3. The van der Waals surface area contributed by atoms with Gasteiger partial charge in [-0.05, 0) is 48.9 Å². The molecule has 0 aliphatic carbocycles. The highest BCUT2D eigenvalue weighted by Gasteiger charge is 2.22. The summed E-state index contributed by atoms with van der Waals surface area (Å²) < 4.78 is 17.8. The molecule has 0 aliphatic rings. The number of hydrogen-bond acceptors (Lipinski definition) is 10. The lowest BCUT2D eigenvalue weighted by molar-refractivity contribution is -0.138. The first-order valence-electron chi connectivity index (χ1n) is 14.0. The molecule has 0 radical (unpaired) electrons. The Morgan fingerprint density at radius 2 is 1.15 bits per heavy atom. The zero-order valence-corrected chi connectivity index (χ0v) is 24.9. The highest BCUT2D eigenvalue weighted by molar-refractivity contribution is 5.92. The van der Waals surface area contributed by atoms with E-state index in [9.17, 15) is 49.5 Å². The van der Waals surface area contributed by atoms with Gasteiger partial charge in [0, 0.05) is 17.0 Å². The van der Waals surface area contributed by atoms with Crippen LogP contribution in [0.15, 0.2) is 65.1 Å². The highest BCUT2D eigenvalue weighted by atomic mass is 16.5. The van der Waals surface area contributed by atoms with E-state index < -0.39 is 56.0 Å². The molecule has 0 atom stereocenters. The smallest absolute Gasteiger partial charge is 0.335 e. The first-order chi connectivity index (χ1) is 22.3. The molecule has 246 valence electrons. The Kier molecular flexibility index (Phi) is 10.5. The fraction of sp³-hybridized carbons (Fsp3) is 0.219. The lowest BCUT2D eigenvalue weighted by Crippen LogP contribution is -2.35. The first kappa shape index (κ1) is 33.6. The van der Waals surface area contributed by atoms with Crippen molar-refractivity contribution in [3.05, 3.63) is 71.8 Å². The van der Waals surface area contributed by atoms with E-state index in [1.54, 1.807) is 49.4 Å². The number of nitrogens with zero attached hydrogens (tertiary/aromatic N) is 2. The van der Waals surface area contributed by atoms with E-state index in [-0.39, 0.29) is 47.2 Å². The van der Waals surface area contributed by atoms with Gasteiger partial charge in [0.1, 0.15) is 62.2 Å². The molecule has 3 aromatic carbocycles. The molecule has 0 spiro atoms. The molecule has 1 heterocycles. The van der Waals surface area contributed by atoms with Gasteiger partial charge in [0.25, 0.3) is 0 Å². The van der Waals surface area contributed by atoms with Crippen LogP contribution in [-0.4, -0.2) is 94.8 Å². The first-order valence-corrected chi connectivity index (χ1v) is 14.0. The quantitative estimate of drug-likeness (QED) is 0.103. The average Bonchev–Trinajstić information content (AvgIpc) is 3.40. The predicted octanol–water partition coefficient (Wildman–Crippen LogP) is 3.52. The second kappa shape index (κ2) is 14.7. The van der Waals surface area contributed by atoms with Gasteiger partial charge in [0.05, 0.1) is 16.9 Å². The van der Waals surface area contributed by atoms with Crippen LogP contribution in [0.5, 0.6) is 11.5 Å². The Morgan fingerprint density at radius 1 is 0.638 bits per heavy atom. The lowest BCUT2D eigenvalue weighted by Gasteiger charge is -2.25. The summed E-state index contributed by atoms with van der Waals surface area (Å²) in [6, 6.07) is 15.4. The summed E-state index contributed by atoms with van der Waals surface area (Å²) >= 11 is 0. The van der Waals surface area contributed by atoms with Gasteiger partial charge in [-0.1, -0.05) is 18.2 Å². The summed E-state index contributed by atoms with van der Waals surface area (Å²) in [4.78, 5) is 59.5. The number of carboxylic acids is 5. The number of hydrogen-bond donors (Lipinski definition) is 5. The fourth-order valence-electron chi connectivity index (χ4n) is 4.74. The maximum Gasteiger partial charge on any atom is 0.335 e. The SMILES string of the molecule is Cc1ccc(N(CC(=O)O)CC(=O)O)c(OCCOc2cc3cc(-c4ccc(C(=O)O)cc4)oc3cc2N(CC(=O)O)CC(=O)O)c1. The highest BCUT2D eigenvalue weighted by Crippen LogP contribution is 2.37. The zero-order valence-electron chi connectivity index (χ0n) is 24.9. The van der Waals surface area contributed by atoms with E-state index >= 15 is 0 Å². The maximum atomic E-state index is 11.6. The minimum Gasteiger partial charge on any atom is -0.488 e. The van der Waals surface area contributed by atoms with Crippen molar-refractivity contribution in [3.8, 4) is 22.8 Å². The number of carbonyl (C=O) groups is 5. The zero-order chi connectivity index (χ0) is 34.2. The Bertz CT molecular complexity index is 1780. The number of carboxylic acid groups (broad SMARTS) is 5. The lowest BCUT2D eigenvalue weighted by atomic mass is 10.1. The van der Waals surface area contributed by atoms with Gasteiger partial charge >= 0.3 is 29.8 Å². The molecule has 0 bridgehead atoms. The van der Waals surface area contributed by atoms with Gasteiger partial charge in [0.2, 0.25) is 0 Å². The average molecular weight is 651 g/mol. The van der Waals surface area contributed by atoms with Crippen molar-refractivity contribution in [1.82, 2.24) is 0 Å². The molecule has 0 aliphatic heterocycles. The maximum absolute atomic E-state index is 11.6. The number of aryl methyl sites for hydroxylation is 1. The molecule has 0 unspecified atom stereocenters. The fourth-order valence-corrected chi connectivity index (χ4v) is 4.74. The third-order valence-electron chi connectivity index (χ3n) is 6.71. The van der Waals surface area contributed by atoms with Gasteiger partial charge < -0.3 is 49.2 Å². The number of aromatic carboxylic acids is 1. The normalized spacial score (nSPS) is 10.7. The van der Waals surface area contributed by atoms with Gasteiger partial charge in [-0.15, -0.1) is 0 Å². The summed E-state index contributed by atoms with van der Waals surface area (Å²) in [5.74, 6) is -5.47. The largest absolute Gasteiger partial charge is 0.488 e.